The van der Waals surface area contributed by atoms with Crippen LogP contribution in [0.25, 0.3) is 0 Å². The van der Waals surface area contributed by atoms with Gasteiger partial charge in [-0.15, -0.1) is 0 Å². The molecule has 2 atom stereocenters. The quantitative estimate of drug-likeness (QED) is 0.782. The van der Waals surface area contributed by atoms with Gasteiger partial charge in [0.25, 0.3) is 11.8 Å². The monoisotopic (exact) mass is 339 g/mol. The maximum Gasteiger partial charge on any atom is 0.305 e. The van der Waals surface area contributed by atoms with Gasteiger partial charge in [-0.1, -0.05) is 42.5 Å². The molecule has 0 spiro atoms. The van der Waals surface area contributed by atoms with E-state index >= 15 is 0 Å². The highest BCUT2D eigenvalue weighted by Gasteiger charge is 2.43. The Bertz CT molecular complexity index is 783. The molecule has 2 aromatic carbocycles. The maximum absolute atomic E-state index is 12.6. The number of aliphatic hydroxyl groups is 1. The normalized spacial score (nSPS) is 15.8. The van der Waals surface area contributed by atoms with E-state index in [1.54, 1.807) is 36.4 Å². The number of imide groups is 1. The lowest BCUT2D eigenvalue weighted by Crippen LogP contribution is -2.48. The number of aliphatic carboxylic acids is 1. The number of hydrogen-bond donors (Lipinski definition) is 2. The first kappa shape index (κ1) is 16.9. The summed E-state index contributed by atoms with van der Waals surface area (Å²) in [5, 5.41) is 19.8. The molecule has 2 unspecified atom stereocenters. The van der Waals surface area contributed by atoms with E-state index in [0.717, 1.165) is 10.5 Å². The van der Waals surface area contributed by atoms with Crippen molar-refractivity contribution in [2.24, 2.45) is 0 Å². The number of hydrogen-bond acceptors (Lipinski definition) is 4. The molecule has 128 valence electrons. The fourth-order valence-corrected chi connectivity index (χ4v) is 3.08. The summed E-state index contributed by atoms with van der Waals surface area (Å²) in [6, 6.07) is 14.2. The molecular formula is C19H17NO5. The highest BCUT2D eigenvalue weighted by Crippen LogP contribution is 2.27. The van der Waals surface area contributed by atoms with Gasteiger partial charge < -0.3 is 10.2 Å². The molecule has 0 aliphatic carbocycles. The van der Waals surface area contributed by atoms with Crippen LogP contribution in [0.4, 0.5) is 0 Å². The number of carbonyl (C=O) groups excluding carboxylic acids is 2. The fraction of sp³-hybridized carbons (Fsp3) is 0.211. The molecule has 0 radical (unpaired) electrons. The van der Waals surface area contributed by atoms with Gasteiger partial charge in [-0.3, -0.25) is 19.3 Å². The van der Waals surface area contributed by atoms with Crippen molar-refractivity contribution in [1.82, 2.24) is 4.90 Å². The lowest BCUT2D eigenvalue weighted by molar-refractivity contribution is -0.139. The minimum Gasteiger partial charge on any atom is -0.481 e. The van der Waals surface area contributed by atoms with E-state index in [4.69, 9.17) is 0 Å². The van der Waals surface area contributed by atoms with Crippen molar-refractivity contribution in [3.8, 4) is 0 Å². The van der Waals surface area contributed by atoms with Crippen LogP contribution < -0.4 is 0 Å². The van der Waals surface area contributed by atoms with E-state index in [0.29, 0.717) is 0 Å². The Morgan fingerprint density at radius 2 is 1.44 bits per heavy atom. The highest BCUT2D eigenvalue weighted by molar-refractivity contribution is 6.21. The molecule has 2 amide bonds. The second-order valence-electron chi connectivity index (χ2n) is 5.95. The summed E-state index contributed by atoms with van der Waals surface area (Å²) in [5.41, 5.74) is 1.26. The van der Waals surface area contributed by atoms with Gasteiger partial charge in [-0.05, 0) is 17.7 Å². The van der Waals surface area contributed by atoms with Crippen molar-refractivity contribution in [1.29, 1.82) is 0 Å². The predicted octanol–water partition coefficient (Wildman–Crippen LogP) is 1.73. The topological polar surface area (TPSA) is 94.9 Å². The molecular weight excluding hydrogens is 322 g/mol. The van der Waals surface area contributed by atoms with Crippen LogP contribution >= 0.6 is 0 Å². The van der Waals surface area contributed by atoms with E-state index in [1.165, 1.54) is 12.1 Å². The van der Waals surface area contributed by atoms with Crippen LogP contribution in [0.2, 0.25) is 0 Å². The Hall–Kier alpha value is -2.99. The van der Waals surface area contributed by atoms with E-state index in [2.05, 4.69) is 0 Å². The van der Waals surface area contributed by atoms with Crippen LogP contribution in [0.1, 0.15) is 32.7 Å². The predicted molar refractivity (Wildman–Crippen MR) is 89.1 cm³/mol. The third-order valence-corrected chi connectivity index (χ3v) is 4.27. The van der Waals surface area contributed by atoms with Crippen molar-refractivity contribution in [3.63, 3.8) is 0 Å². The molecule has 0 saturated heterocycles. The van der Waals surface area contributed by atoms with Crippen LogP contribution in [0, 0.1) is 0 Å². The molecule has 6 nitrogen and oxygen atoms in total. The standard InChI is InChI=1S/C19H17NO5/c21-16(10-12-6-2-1-3-7-12)15(11-17(22)23)20-18(24)13-8-4-5-9-14(13)19(20)25/h1-9,15-16,21H,10-11H2,(H,22,23). The lowest BCUT2D eigenvalue weighted by Gasteiger charge is -2.29. The third-order valence-electron chi connectivity index (χ3n) is 4.27. The molecule has 0 saturated carbocycles. The molecule has 25 heavy (non-hydrogen) atoms. The highest BCUT2D eigenvalue weighted by atomic mass is 16.4. The van der Waals surface area contributed by atoms with E-state index < -0.39 is 36.4 Å². The number of amides is 2. The second kappa shape index (κ2) is 6.86. The average Bonchev–Trinajstić information content (AvgIpc) is 2.85. The van der Waals surface area contributed by atoms with Crippen molar-refractivity contribution < 1.29 is 24.6 Å². The minimum absolute atomic E-state index is 0.145. The summed E-state index contributed by atoms with van der Waals surface area (Å²) in [4.78, 5) is 37.3. The summed E-state index contributed by atoms with van der Waals surface area (Å²) < 4.78 is 0. The molecule has 0 fully saturated rings. The van der Waals surface area contributed by atoms with Crippen LogP contribution in [-0.4, -0.2) is 45.0 Å². The van der Waals surface area contributed by atoms with Crippen LogP contribution in [0.15, 0.2) is 54.6 Å². The molecule has 0 bridgehead atoms. The van der Waals surface area contributed by atoms with Crippen LogP contribution in [-0.2, 0) is 11.2 Å². The molecule has 0 aromatic heterocycles. The Morgan fingerprint density at radius 3 is 1.96 bits per heavy atom. The Balaban J connectivity index is 1.90. The number of nitrogens with zero attached hydrogens (tertiary/aromatic N) is 1. The largest absolute Gasteiger partial charge is 0.481 e. The summed E-state index contributed by atoms with van der Waals surface area (Å²) in [6.07, 6.45) is -1.55. The number of aliphatic hydroxyl groups excluding tert-OH is 1. The molecule has 3 rings (SSSR count). The smallest absolute Gasteiger partial charge is 0.305 e. The van der Waals surface area contributed by atoms with Gasteiger partial charge in [0.05, 0.1) is 29.7 Å². The maximum atomic E-state index is 12.6. The van der Waals surface area contributed by atoms with E-state index in [1.807, 2.05) is 6.07 Å². The van der Waals surface area contributed by atoms with Gasteiger partial charge in [0.1, 0.15) is 0 Å². The third kappa shape index (κ3) is 3.29. The average molecular weight is 339 g/mol. The first-order chi connectivity index (χ1) is 12.0. The van der Waals surface area contributed by atoms with Gasteiger partial charge in [-0.2, -0.15) is 0 Å². The molecule has 1 aliphatic heterocycles. The van der Waals surface area contributed by atoms with Gasteiger partial charge in [0, 0.05) is 6.42 Å². The van der Waals surface area contributed by atoms with Crippen molar-refractivity contribution in [2.45, 2.75) is 25.0 Å². The molecule has 2 N–H and O–H groups in total. The second-order valence-corrected chi connectivity index (χ2v) is 5.95. The summed E-state index contributed by atoms with van der Waals surface area (Å²) >= 11 is 0. The summed E-state index contributed by atoms with van der Waals surface area (Å²) in [7, 11) is 0. The Morgan fingerprint density at radius 1 is 0.920 bits per heavy atom. The number of benzene rings is 2. The summed E-state index contributed by atoms with van der Waals surface area (Å²) in [6.45, 7) is 0. The zero-order chi connectivity index (χ0) is 18.0. The van der Waals surface area contributed by atoms with Gasteiger partial charge in [-0.25, -0.2) is 0 Å². The molecule has 1 aliphatic rings. The Kier molecular flexibility index (Phi) is 4.63. The molecule has 2 aromatic rings. The van der Waals surface area contributed by atoms with Gasteiger partial charge in [0.15, 0.2) is 0 Å². The van der Waals surface area contributed by atoms with Crippen molar-refractivity contribution in [3.05, 3.63) is 71.3 Å². The summed E-state index contributed by atoms with van der Waals surface area (Å²) in [5.74, 6) is -2.33. The lowest BCUT2D eigenvalue weighted by atomic mass is 9.98. The molecule has 1 heterocycles. The van der Waals surface area contributed by atoms with Crippen molar-refractivity contribution >= 4 is 17.8 Å². The number of carbonyl (C=O) groups is 3. The number of carboxylic acid groups (broad SMARTS) is 1. The SMILES string of the molecule is O=C(O)CC(C(O)Cc1ccccc1)N1C(=O)c2ccccc2C1=O. The Labute approximate surface area is 144 Å². The number of rotatable bonds is 6. The number of carboxylic acids is 1. The minimum atomic E-state index is -1.19. The fourth-order valence-electron chi connectivity index (χ4n) is 3.08. The van der Waals surface area contributed by atoms with E-state index in [9.17, 15) is 24.6 Å². The zero-order valence-electron chi connectivity index (χ0n) is 13.3. The molecule has 6 heteroatoms. The van der Waals surface area contributed by atoms with Gasteiger partial charge >= 0.3 is 5.97 Å². The van der Waals surface area contributed by atoms with Crippen LogP contribution in [0.3, 0.4) is 0 Å². The van der Waals surface area contributed by atoms with Crippen LogP contribution in [0.5, 0.6) is 0 Å². The van der Waals surface area contributed by atoms with E-state index in [-0.39, 0.29) is 17.5 Å². The number of fused-ring (bicyclic) bond motifs is 1. The van der Waals surface area contributed by atoms with Crippen molar-refractivity contribution in [2.75, 3.05) is 0 Å². The zero-order valence-corrected chi connectivity index (χ0v) is 13.3. The van der Waals surface area contributed by atoms with Gasteiger partial charge in [0.2, 0.25) is 0 Å². The first-order valence-electron chi connectivity index (χ1n) is 7.89. The first-order valence-corrected chi connectivity index (χ1v) is 7.89.